The summed E-state index contributed by atoms with van der Waals surface area (Å²) >= 11 is 0. The molecule has 0 aromatic heterocycles. The van der Waals surface area contributed by atoms with E-state index in [0.29, 0.717) is 5.41 Å². The summed E-state index contributed by atoms with van der Waals surface area (Å²) in [6, 6.07) is 0. The van der Waals surface area contributed by atoms with Crippen molar-refractivity contribution in [3.63, 3.8) is 0 Å². The van der Waals surface area contributed by atoms with Gasteiger partial charge in [0.15, 0.2) is 0 Å². The molecule has 0 aromatic carbocycles. The van der Waals surface area contributed by atoms with Crippen molar-refractivity contribution in [2.75, 3.05) is 0 Å². The first-order chi connectivity index (χ1) is 8.25. The maximum Gasteiger partial charge on any atom is -0.0124 e. The summed E-state index contributed by atoms with van der Waals surface area (Å²) in [5.41, 5.74) is 0.714. The van der Waals surface area contributed by atoms with E-state index in [2.05, 4.69) is 54.2 Å². The van der Waals surface area contributed by atoms with Gasteiger partial charge in [0.2, 0.25) is 0 Å². The Bertz CT molecular complexity index is 274. The van der Waals surface area contributed by atoms with Crippen LogP contribution in [0, 0.1) is 28.6 Å². The summed E-state index contributed by atoms with van der Waals surface area (Å²) in [6.45, 7) is 18.4. The molecule has 0 saturated heterocycles. The van der Waals surface area contributed by atoms with E-state index in [1.807, 2.05) is 0 Å². The van der Waals surface area contributed by atoms with Crippen LogP contribution < -0.4 is 0 Å². The van der Waals surface area contributed by atoms with Crippen LogP contribution >= 0.6 is 0 Å². The molecule has 0 bridgehead atoms. The molecule has 18 heavy (non-hydrogen) atoms. The second-order valence-corrected chi connectivity index (χ2v) is 7.79. The third-order valence-electron chi connectivity index (χ3n) is 5.81. The smallest absolute Gasteiger partial charge is 0.0124 e. The molecule has 0 radical (unpaired) electrons. The van der Waals surface area contributed by atoms with E-state index >= 15 is 0 Å². The van der Waals surface area contributed by atoms with Crippen molar-refractivity contribution in [3.05, 3.63) is 12.7 Å². The topological polar surface area (TPSA) is 0 Å². The van der Waals surface area contributed by atoms with E-state index in [4.69, 9.17) is 0 Å². The summed E-state index contributed by atoms with van der Waals surface area (Å²) in [5.74, 6) is 2.73. The highest BCUT2D eigenvalue weighted by molar-refractivity contribution is 5.03. The molecule has 1 rings (SSSR count). The summed E-state index contributed by atoms with van der Waals surface area (Å²) in [5, 5.41) is 0. The lowest BCUT2D eigenvalue weighted by Crippen LogP contribution is -2.41. The van der Waals surface area contributed by atoms with Gasteiger partial charge in [-0.3, -0.25) is 0 Å². The average molecular weight is 250 g/mol. The molecule has 0 nitrogen and oxygen atoms in total. The van der Waals surface area contributed by atoms with Gasteiger partial charge in [0, 0.05) is 0 Å². The molecule has 3 atom stereocenters. The molecule has 0 N–H and O–H groups in total. The van der Waals surface area contributed by atoms with E-state index in [9.17, 15) is 0 Å². The van der Waals surface area contributed by atoms with Crippen molar-refractivity contribution in [3.8, 4) is 0 Å². The second-order valence-electron chi connectivity index (χ2n) is 7.79. The Hall–Kier alpha value is -0.260. The number of hydrogen-bond donors (Lipinski definition) is 0. The average Bonchev–Trinajstić information content (AvgIpc) is 2.30. The predicted molar refractivity (Wildman–Crippen MR) is 82.7 cm³/mol. The van der Waals surface area contributed by atoms with Crippen molar-refractivity contribution in [1.82, 2.24) is 0 Å². The third kappa shape index (κ3) is 3.19. The standard InChI is InChI=1S/C18H34/c1-8-15-13-18(7,17(5,6)9-2)11-10-16(15)12-14(3)4/h9,14-16H,2,8,10-13H2,1,3-7H3. The van der Waals surface area contributed by atoms with Crippen molar-refractivity contribution < 1.29 is 0 Å². The quantitative estimate of drug-likeness (QED) is 0.519. The lowest BCUT2D eigenvalue weighted by atomic mass is 9.54. The molecule has 0 amide bonds. The number of allylic oxidation sites excluding steroid dienone is 1. The first-order valence-corrected chi connectivity index (χ1v) is 7.89. The molecule has 106 valence electrons. The number of rotatable bonds is 5. The van der Waals surface area contributed by atoms with Crippen LogP contribution in [0.1, 0.15) is 73.6 Å². The SMILES string of the molecule is C=CC(C)(C)C1(C)CCC(CC(C)C)C(CC)C1. The van der Waals surface area contributed by atoms with Crippen LogP contribution in [0.15, 0.2) is 12.7 Å². The van der Waals surface area contributed by atoms with Gasteiger partial charge >= 0.3 is 0 Å². The monoisotopic (exact) mass is 250 g/mol. The minimum absolute atomic E-state index is 0.267. The fourth-order valence-electron chi connectivity index (χ4n) is 3.81. The fraction of sp³-hybridized carbons (Fsp3) is 0.889. The van der Waals surface area contributed by atoms with Crippen molar-refractivity contribution in [2.45, 2.75) is 73.6 Å². The van der Waals surface area contributed by atoms with E-state index in [-0.39, 0.29) is 5.41 Å². The molecule has 0 heterocycles. The zero-order chi connectivity index (χ0) is 14.0. The first kappa shape index (κ1) is 15.8. The second kappa shape index (κ2) is 5.80. The molecule has 3 unspecified atom stereocenters. The summed E-state index contributed by atoms with van der Waals surface area (Å²) < 4.78 is 0. The van der Waals surface area contributed by atoms with E-state index in [1.165, 1.54) is 32.1 Å². The van der Waals surface area contributed by atoms with Gasteiger partial charge < -0.3 is 0 Å². The zero-order valence-electron chi connectivity index (χ0n) is 13.6. The molecular formula is C18H34. The highest BCUT2D eigenvalue weighted by atomic mass is 14.5. The molecule has 1 aliphatic rings. The van der Waals surface area contributed by atoms with Crippen LogP contribution in [0.25, 0.3) is 0 Å². The van der Waals surface area contributed by atoms with Crippen LogP contribution in [0.5, 0.6) is 0 Å². The minimum atomic E-state index is 0.267. The highest BCUT2D eigenvalue weighted by Crippen LogP contribution is 2.54. The van der Waals surface area contributed by atoms with E-state index < -0.39 is 0 Å². The molecule has 0 spiro atoms. The van der Waals surface area contributed by atoms with Gasteiger partial charge in [-0.15, -0.1) is 6.58 Å². The van der Waals surface area contributed by atoms with Crippen molar-refractivity contribution >= 4 is 0 Å². The lowest BCUT2D eigenvalue weighted by molar-refractivity contribution is 0.0154. The van der Waals surface area contributed by atoms with Crippen molar-refractivity contribution in [2.24, 2.45) is 28.6 Å². The van der Waals surface area contributed by atoms with Gasteiger partial charge in [-0.2, -0.15) is 0 Å². The van der Waals surface area contributed by atoms with Gasteiger partial charge in [-0.05, 0) is 54.3 Å². The Balaban J connectivity index is 2.80. The zero-order valence-corrected chi connectivity index (χ0v) is 13.6. The van der Waals surface area contributed by atoms with Gasteiger partial charge in [0.25, 0.3) is 0 Å². The van der Waals surface area contributed by atoms with Gasteiger partial charge in [0.05, 0.1) is 0 Å². The molecule has 0 aromatic rings. The Morgan fingerprint density at radius 1 is 1.33 bits per heavy atom. The largest absolute Gasteiger partial charge is 0.103 e. The van der Waals surface area contributed by atoms with E-state index in [1.54, 1.807) is 0 Å². The Labute approximate surface area is 115 Å². The molecule has 0 aliphatic heterocycles. The maximum atomic E-state index is 4.07. The normalized spacial score (nSPS) is 33.7. The Morgan fingerprint density at radius 3 is 2.39 bits per heavy atom. The molecular weight excluding hydrogens is 216 g/mol. The predicted octanol–water partition coefficient (Wildman–Crippen LogP) is 6.08. The number of hydrogen-bond acceptors (Lipinski definition) is 0. The molecule has 1 aliphatic carbocycles. The van der Waals surface area contributed by atoms with Gasteiger partial charge in [-0.1, -0.05) is 54.0 Å². The maximum absolute atomic E-state index is 4.07. The third-order valence-corrected chi connectivity index (χ3v) is 5.81. The Morgan fingerprint density at radius 2 is 1.94 bits per heavy atom. The fourth-order valence-corrected chi connectivity index (χ4v) is 3.81. The molecule has 1 fully saturated rings. The van der Waals surface area contributed by atoms with Crippen molar-refractivity contribution in [1.29, 1.82) is 0 Å². The molecule has 0 heteroatoms. The van der Waals surface area contributed by atoms with E-state index in [0.717, 1.165) is 17.8 Å². The summed E-state index contributed by atoms with van der Waals surface area (Å²) in [4.78, 5) is 0. The first-order valence-electron chi connectivity index (χ1n) is 7.89. The van der Waals surface area contributed by atoms with Crippen LogP contribution in [0.3, 0.4) is 0 Å². The van der Waals surface area contributed by atoms with Gasteiger partial charge in [0.1, 0.15) is 0 Å². The summed E-state index contributed by atoms with van der Waals surface area (Å²) in [7, 11) is 0. The van der Waals surface area contributed by atoms with Gasteiger partial charge in [-0.25, -0.2) is 0 Å². The lowest BCUT2D eigenvalue weighted by Gasteiger charge is -2.50. The molecule has 1 saturated carbocycles. The Kier molecular flexibility index (Phi) is 5.09. The highest BCUT2D eigenvalue weighted by Gasteiger charge is 2.44. The summed E-state index contributed by atoms with van der Waals surface area (Å²) in [6.07, 6.45) is 9.13. The van der Waals surface area contributed by atoms with Crippen LogP contribution in [-0.2, 0) is 0 Å². The van der Waals surface area contributed by atoms with Crippen LogP contribution in [0.4, 0.5) is 0 Å². The van der Waals surface area contributed by atoms with Crippen LogP contribution in [-0.4, -0.2) is 0 Å². The van der Waals surface area contributed by atoms with Crippen LogP contribution in [0.2, 0.25) is 0 Å². The minimum Gasteiger partial charge on any atom is -0.103 e.